The first-order chi connectivity index (χ1) is 15.6. The molecule has 1 aromatic carbocycles. The smallest absolute Gasteiger partial charge is 0.335 e. The number of carbonyl (C=O) groups excluding carboxylic acids is 1. The van der Waals surface area contributed by atoms with Gasteiger partial charge in [-0.2, -0.15) is 15.0 Å². The normalized spacial score (nSPS) is 20.3. The van der Waals surface area contributed by atoms with Crippen molar-refractivity contribution in [2.24, 2.45) is 0 Å². The second-order valence-electron chi connectivity index (χ2n) is 7.46. The fourth-order valence-electron chi connectivity index (χ4n) is 3.14. The molecule has 2 N–H and O–H groups in total. The molecule has 1 aliphatic heterocycles. The molecule has 13 heteroatoms. The third kappa shape index (κ3) is 6.49. The van der Waals surface area contributed by atoms with Crippen molar-refractivity contribution in [3.05, 3.63) is 30.1 Å². The monoisotopic (exact) mass is 481 g/mol. The number of methoxy groups -OCH3 is 1. The molecule has 2 atom stereocenters. The Hall–Kier alpha value is -3.03. The molecule has 2 aromatic rings. The van der Waals surface area contributed by atoms with E-state index in [4.69, 9.17) is 18.9 Å². The molecule has 0 saturated carbocycles. The van der Waals surface area contributed by atoms with Gasteiger partial charge in [-0.05, 0) is 32.4 Å². The van der Waals surface area contributed by atoms with Gasteiger partial charge in [0.25, 0.3) is 10.0 Å². The van der Waals surface area contributed by atoms with Crippen LogP contribution in [0, 0.1) is 6.92 Å². The lowest BCUT2D eigenvalue weighted by atomic mass is 10.2. The molecular formula is C20H27N5O7S. The molecule has 1 fully saturated rings. The van der Waals surface area contributed by atoms with E-state index in [1.54, 1.807) is 19.9 Å². The molecule has 0 radical (unpaired) electrons. The summed E-state index contributed by atoms with van der Waals surface area (Å²) in [5.74, 6) is -0.841. The van der Waals surface area contributed by atoms with Crippen LogP contribution in [-0.4, -0.2) is 61.6 Å². The van der Waals surface area contributed by atoms with Gasteiger partial charge >= 0.3 is 12.0 Å². The van der Waals surface area contributed by atoms with Crippen LogP contribution in [0.4, 0.5) is 10.7 Å². The van der Waals surface area contributed by atoms with Crippen molar-refractivity contribution in [1.29, 1.82) is 0 Å². The van der Waals surface area contributed by atoms with E-state index < -0.39 is 21.8 Å². The van der Waals surface area contributed by atoms with E-state index in [0.717, 1.165) is 12.8 Å². The van der Waals surface area contributed by atoms with Crippen LogP contribution in [0.25, 0.3) is 0 Å². The van der Waals surface area contributed by atoms with E-state index in [0.29, 0.717) is 6.61 Å². The Labute approximate surface area is 192 Å². The highest BCUT2D eigenvalue weighted by Crippen LogP contribution is 2.29. The van der Waals surface area contributed by atoms with Gasteiger partial charge in [-0.15, -0.1) is 0 Å². The molecule has 0 spiro atoms. The minimum Gasteiger partial charge on any atom is -0.487 e. The van der Waals surface area contributed by atoms with Crippen molar-refractivity contribution < 1.29 is 32.2 Å². The lowest BCUT2D eigenvalue weighted by molar-refractivity contribution is -0.173. The zero-order chi connectivity index (χ0) is 24.1. The minimum atomic E-state index is -4.29. The number of aryl methyl sites for hydroxylation is 1. The molecule has 1 saturated heterocycles. The summed E-state index contributed by atoms with van der Waals surface area (Å²) >= 11 is 0. The van der Waals surface area contributed by atoms with Gasteiger partial charge in [-0.25, -0.2) is 17.9 Å². The zero-order valence-electron chi connectivity index (χ0n) is 18.8. The Kier molecular flexibility index (Phi) is 7.66. The summed E-state index contributed by atoms with van der Waals surface area (Å²) in [6.45, 7) is 5.77. The van der Waals surface area contributed by atoms with Gasteiger partial charge in [-0.3, -0.25) is 5.32 Å². The summed E-state index contributed by atoms with van der Waals surface area (Å²) in [5, 5.41) is 2.25. The third-order valence-electron chi connectivity index (χ3n) is 4.59. The summed E-state index contributed by atoms with van der Waals surface area (Å²) in [6.07, 6.45) is 1.77. The van der Waals surface area contributed by atoms with Crippen molar-refractivity contribution in [1.82, 2.24) is 19.7 Å². The summed E-state index contributed by atoms with van der Waals surface area (Å²) in [4.78, 5) is 23.8. The highest BCUT2D eigenvalue weighted by Gasteiger charge is 2.38. The lowest BCUT2D eigenvalue weighted by Gasteiger charge is -2.24. The predicted molar refractivity (Wildman–Crippen MR) is 117 cm³/mol. The maximum atomic E-state index is 12.9. The number of rotatable bonds is 9. The first-order valence-electron chi connectivity index (χ1n) is 10.3. The minimum absolute atomic E-state index is 0.0228. The van der Waals surface area contributed by atoms with E-state index in [1.807, 2.05) is 4.72 Å². The van der Waals surface area contributed by atoms with Gasteiger partial charge in [0.1, 0.15) is 23.1 Å². The van der Waals surface area contributed by atoms with Crippen LogP contribution in [-0.2, 0) is 19.5 Å². The van der Waals surface area contributed by atoms with Crippen molar-refractivity contribution in [3.8, 4) is 11.8 Å². The van der Waals surface area contributed by atoms with E-state index in [-0.39, 0.29) is 41.1 Å². The predicted octanol–water partition coefficient (Wildman–Crippen LogP) is 2.01. The molecule has 2 heterocycles. The Morgan fingerprint density at radius 1 is 1.27 bits per heavy atom. The number of amides is 2. The maximum absolute atomic E-state index is 12.9. The Morgan fingerprint density at radius 2 is 2.03 bits per heavy atom. The Bertz CT molecular complexity index is 1100. The number of benzene rings is 1. The van der Waals surface area contributed by atoms with Crippen LogP contribution in [0.15, 0.2) is 29.2 Å². The van der Waals surface area contributed by atoms with Crippen LogP contribution >= 0.6 is 0 Å². The standard InChI is InChI=1S/C20H27N5O7S/c1-5-8-14-11-31-20(3,32-14)12-30-15-9-6-7-10-16(15)33(27,28)25-18(26)23-17-21-13(2)22-19(24-17)29-4/h6-7,9-10,14H,5,8,11-12H2,1-4H3,(H2,21,22,23,24,25,26). The highest BCUT2D eigenvalue weighted by molar-refractivity contribution is 7.90. The van der Waals surface area contributed by atoms with Crippen molar-refractivity contribution in [3.63, 3.8) is 0 Å². The zero-order valence-corrected chi connectivity index (χ0v) is 19.6. The van der Waals surface area contributed by atoms with Crippen molar-refractivity contribution >= 4 is 22.0 Å². The summed E-state index contributed by atoms with van der Waals surface area (Å²) in [7, 11) is -2.94. The third-order valence-corrected chi connectivity index (χ3v) is 5.96. The number of hydrogen-bond acceptors (Lipinski definition) is 10. The average molecular weight is 482 g/mol. The van der Waals surface area contributed by atoms with E-state index >= 15 is 0 Å². The van der Waals surface area contributed by atoms with Crippen molar-refractivity contribution in [2.45, 2.75) is 50.4 Å². The number of carbonyl (C=O) groups is 1. The molecular weight excluding hydrogens is 454 g/mol. The van der Waals surface area contributed by atoms with Gasteiger partial charge in [0.05, 0.1) is 19.8 Å². The fraction of sp³-hybridized carbons (Fsp3) is 0.500. The molecule has 3 rings (SSSR count). The number of sulfonamides is 1. The molecule has 1 aliphatic rings. The van der Waals surface area contributed by atoms with Gasteiger partial charge in [0, 0.05) is 0 Å². The van der Waals surface area contributed by atoms with Gasteiger partial charge < -0.3 is 18.9 Å². The Balaban J connectivity index is 1.69. The van der Waals surface area contributed by atoms with Gasteiger partial charge in [0.2, 0.25) is 5.95 Å². The molecule has 33 heavy (non-hydrogen) atoms. The average Bonchev–Trinajstić information content (AvgIpc) is 3.12. The van der Waals surface area contributed by atoms with Gasteiger partial charge in [-0.1, -0.05) is 25.5 Å². The summed E-state index contributed by atoms with van der Waals surface area (Å²) in [6, 6.07) is 4.85. The molecule has 0 aliphatic carbocycles. The second-order valence-corrected chi connectivity index (χ2v) is 9.11. The quantitative estimate of drug-likeness (QED) is 0.544. The largest absolute Gasteiger partial charge is 0.487 e. The number of aromatic nitrogens is 3. The summed E-state index contributed by atoms with van der Waals surface area (Å²) in [5.41, 5.74) is 0. The number of ether oxygens (including phenoxy) is 4. The molecule has 180 valence electrons. The number of para-hydroxylation sites is 1. The first-order valence-corrected chi connectivity index (χ1v) is 11.8. The molecule has 1 aromatic heterocycles. The van der Waals surface area contributed by atoms with Gasteiger partial charge in [0.15, 0.2) is 5.79 Å². The van der Waals surface area contributed by atoms with E-state index in [9.17, 15) is 13.2 Å². The lowest BCUT2D eigenvalue weighted by Crippen LogP contribution is -2.36. The molecule has 2 unspecified atom stereocenters. The number of nitrogens with one attached hydrogen (secondary N) is 2. The van der Waals surface area contributed by atoms with Crippen LogP contribution in [0.1, 0.15) is 32.5 Å². The second kappa shape index (κ2) is 10.3. The van der Waals surface area contributed by atoms with E-state index in [2.05, 4.69) is 27.2 Å². The van der Waals surface area contributed by atoms with Crippen LogP contribution in [0.5, 0.6) is 11.8 Å². The maximum Gasteiger partial charge on any atom is 0.335 e. The molecule has 0 bridgehead atoms. The number of hydrogen-bond donors (Lipinski definition) is 2. The molecule has 2 amide bonds. The first kappa shape index (κ1) is 24.6. The van der Waals surface area contributed by atoms with Crippen LogP contribution in [0.2, 0.25) is 0 Å². The van der Waals surface area contributed by atoms with E-state index in [1.165, 1.54) is 25.3 Å². The van der Waals surface area contributed by atoms with Crippen molar-refractivity contribution in [2.75, 3.05) is 25.6 Å². The number of urea groups is 1. The van der Waals surface area contributed by atoms with Crippen LogP contribution < -0.4 is 19.5 Å². The summed E-state index contributed by atoms with van der Waals surface area (Å²) < 4.78 is 49.9. The number of anilines is 1. The molecule has 12 nitrogen and oxygen atoms in total. The highest BCUT2D eigenvalue weighted by atomic mass is 32.2. The SMILES string of the molecule is CCCC1COC(C)(COc2ccccc2S(=O)(=O)NC(=O)Nc2nc(C)nc(OC)n2)O1. The topological polar surface area (TPSA) is 151 Å². The van der Waals surface area contributed by atoms with Crippen LogP contribution in [0.3, 0.4) is 0 Å². The number of nitrogens with zero attached hydrogens (tertiary/aromatic N) is 3. The Morgan fingerprint density at radius 3 is 2.76 bits per heavy atom. The fourth-order valence-corrected chi connectivity index (χ4v) is 4.19.